The number of β-amino-alcohol motifs (C(OH)–C–C–N with tert-alkyl or cyclic N) is 1. The zero-order valence-corrected chi connectivity index (χ0v) is 10.9. The van der Waals surface area contributed by atoms with Crippen LogP contribution in [0.1, 0.15) is 24.2 Å². The molecule has 2 unspecified atom stereocenters. The molecule has 1 aliphatic heterocycles. The van der Waals surface area contributed by atoms with E-state index in [9.17, 15) is 9.50 Å². The van der Waals surface area contributed by atoms with E-state index in [-0.39, 0.29) is 11.9 Å². The number of aliphatic hydroxyl groups excluding tert-OH is 1. The second-order valence-corrected chi connectivity index (χ2v) is 4.96. The smallest absolute Gasteiger partial charge is 0.123 e. The van der Waals surface area contributed by atoms with Gasteiger partial charge in [0.05, 0.1) is 18.8 Å². The van der Waals surface area contributed by atoms with Gasteiger partial charge in [0.15, 0.2) is 0 Å². The van der Waals surface area contributed by atoms with E-state index in [2.05, 4.69) is 4.90 Å². The van der Waals surface area contributed by atoms with Crippen molar-refractivity contribution in [1.82, 2.24) is 4.90 Å². The first-order valence-electron chi connectivity index (χ1n) is 6.34. The average molecular weight is 253 g/mol. The lowest BCUT2D eigenvalue weighted by molar-refractivity contribution is -0.0319. The Morgan fingerprint density at radius 1 is 1.56 bits per heavy atom. The molecule has 1 N–H and O–H groups in total. The lowest BCUT2D eigenvalue weighted by Crippen LogP contribution is -2.42. The van der Waals surface area contributed by atoms with Crippen molar-refractivity contribution in [2.24, 2.45) is 0 Å². The van der Waals surface area contributed by atoms with Crippen LogP contribution in [-0.4, -0.2) is 42.4 Å². The first-order chi connectivity index (χ1) is 8.56. The van der Waals surface area contributed by atoms with Crippen molar-refractivity contribution >= 4 is 0 Å². The van der Waals surface area contributed by atoms with Crippen LogP contribution in [0.4, 0.5) is 4.39 Å². The van der Waals surface area contributed by atoms with Crippen molar-refractivity contribution < 1.29 is 14.2 Å². The van der Waals surface area contributed by atoms with Crippen LogP contribution in [0.15, 0.2) is 18.2 Å². The Bertz CT molecular complexity index is 411. The van der Waals surface area contributed by atoms with Crippen LogP contribution in [0.2, 0.25) is 0 Å². The first kappa shape index (κ1) is 13.5. The van der Waals surface area contributed by atoms with Gasteiger partial charge in [0, 0.05) is 19.6 Å². The van der Waals surface area contributed by atoms with Crippen molar-refractivity contribution in [3.8, 4) is 0 Å². The van der Waals surface area contributed by atoms with Crippen LogP contribution in [0.25, 0.3) is 0 Å². The van der Waals surface area contributed by atoms with Gasteiger partial charge in [-0.15, -0.1) is 0 Å². The Balaban J connectivity index is 2.00. The average Bonchev–Trinajstić information content (AvgIpc) is 2.28. The molecule has 0 spiro atoms. The minimum absolute atomic E-state index is 0.209. The van der Waals surface area contributed by atoms with Gasteiger partial charge in [-0.3, -0.25) is 4.90 Å². The number of hydrogen-bond donors (Lipinski definition) is 1. The molecule has 1 aromatic rings. The van der Waals surface area contributed by atoms with Crippen molar-refractivity contribution in [2.75, 3.05) is 26.2 Å². The largest absolute Gasteiger partial charge is 0.387 e. The Kier molecular flexibility index (Phi) is 4.32. The minimum atomic E-state index is -0.573. The van der Waals surface area contributed by atoms with E-state index in [0.29, 0.717) is 13.2 Å². The maximum absolute atomic E-state index is 13.0. The van der Waals surface area contributed by atoms with Gasteiger partial charge in [-0.2, -0.15) is 0 Å². The number of hydrogen-bond acceptors (Lipinski definition) is 3. The molecule has 1 fully saturated rings. The predicted molar refractivity (Wildman–Crippen MR) is 68.0 cm³/mol. The summed E-state index contributed by atoms with van der Waals surface area (Å²) in [7, 11) is 0. The number of nitrogens with zero attached hydrogens (tertiary/aromatic N) is 1. The molecule has 2 rings (SSSR count). The maximum atomic E-state index is 13.0. The fourth-order valence-corrected chi connectivity index (χ4v) is 2.41. The summed E-state index contributed by atoms with van der Waals surface area (Å²) in [4.78, 5) is 2.18. The molecule has 1 saturated heterocycles. The quantitative estimate of drug-likeness (QED) is 0.893. The monoisotopic (exact) mass is 253 g/mol. The third kappa shape index (κ3) is 3.28. The summed E-state index contributed by atoms with van der Waals surface area (Å²) in [5, 5.41) is 10.2. The van der Waals surface area contributed by atoms with Crippen molar-refractivity contribution in [1.29, 1.82) is 0 Å². The molecule has 0 saturated carbocycles. The fraction of sp³-hybridized carbons (Fsp3) is 0.571. The molecule has 1 aliphatic rings. The number of morpholine rings is 1. The van der Waals surface area contributed by atoms with Gasteiger partial charge in [0.25, 0.3) is 0 Å². The van der Waals surface area contributed by atoms with E-state index in [1.54, 1.807) is 6.07 Å². The second kappa shape index (κ2) is 5.78. The highest BCUT2D eigenvalue weighted by Crippen LogP contribution is 2.20. The number of rotatable bonds is 3. The summed E-state index contributed by atoms with van der Waals surface area (Å²) in [5.41, 5.74) is 1.60. The Labute approximate surface area is 107 Å². The van der Waals surface area contributed by atoms with Crippen LogP contribution in [0.3, 0.4) is 0 Å². The summed E-state index contributed by atoms with van der Waals surface area (Å²) < 4.78 is 18.5. The standard InChI is InChI=1S/C14H20FNO2/c1-10-7-12(15)3-4-13(10)14(17)9-16-5-6-18-11(2)8-16/h3-4,7,11,14,17H,5-6,8-9H2,1-2H3. The number of benzene rings is 1. The molecule has 0 amide bonds. The van der Waals surface area contributed by atoms with Gasteiger partial charge in [-0.25, -0.2) is 4.39 Å². The SMILES string of the molecule is Cc1cc(F)ccc1C(O)CN1CCOC(C)C1. The van der Waals surface area contributed by atoms with Gasteiger partial charge in [0.1, 0.15) is 5.82 Å². The molecule has 0 aromatic heterocycles. The van der Waals surface area contributed by atoms with E-state index >= 15 is 0 Å². The highest BCUT2D eigenvalue weighted by atomic mass is 19.1. The zero-order chi connectivity index (χ0) is 13.1. The second-order valence-electron chi connectivity index (χ2n) is 4.96. The maximum Gasteiger partial charge on any atom is 0.123 e. The third-order valence-electron chi connectivity index (χ3n) is 3.35. The molecule has 0 aliphatic carbocycles. The van der Waals surface area contributed by atoms with Crippen LogP contribution in [0, 0.1) is 12.7 Å². The molecule has 18 heavy (non-hydrogen) atoms. The molecule has 0 radical (unpaired) electrons. The topological polar surface area (TPSA) is 32.7 Å². The van der Waals surface area contributed by atoms with Crippen molar-refractivity contribution in [2.45, 2.75) is 26.1 Å². The van der Waals surface area contributed by atoms with E-state index < -0.39 is 6.10 Å². The molecule has 100 valence electrons. The lowest BCUT2D eigenvalue weighted by atomic mass is 10.0. The summed E-state index contributed by atoms with van der Waals surface area (Å²) in [5.74, 6) is -0.261. The minimum Gasteiger partial charge on any atom is -0.387 e. The number of halogens is 1. The lowest BCUT2D eigenvalue weighted by Gasteiger charge is -2.32. The van der Waals surface area contributed by atoms with E-state index in [1.807, 2.05) is 13.8 Å². The van der Waals surface area contributed by atoms with E-state index in [4.69, 9.17) is 4.74 Å². The van der Waals surface area contributed by atoms with E-state index in [0.717, 1.165) is 24.2 Å². The van der Waals surface area contributed by atoms with Crippen LogP contribution in [0.5, 0.6) is 0 Å². The Morgan fingerprint density at radius 3 is 3.00 bits per heavy atom. The highest BCUT2D eigenvalue weighted by molar-refractivity contribution is 5.28. The molecule has 1 aromatic carbocycles. The zero-order valence-electron chi connectivity index (χ0n) is 10.9. The molecular formula is C14H20FNO2. The van der Waals surface area contributed by atoms with Gasteiger partial charge in [-0.05, 0) is 37.1 Å². The van der Waals surface area contributed by atoms with E-state index in [1.165, 1.54) is 12.1 Å². The first-order valence-corrected chi connectivity index (χ1v) is 6.34. The van der Waals surface area contributed by atoms with Crippen LogP contribution < -0.4 is 0 Å². The normalized spacial score (nSPS) is 23.0. The number of ether oxygens (including phenoxy) is 1. The fourth-order valence-electron chi connectivity index (χ4n) is 2.41. The molecule has 0 bridgehead atoms. The number of aliphatic hydroxyl groups is 1. The summed E-state index contributed by atoms with van der Waals surface area (Å²) in [6.45, 7) is 6.79. The molecule has 4 heteroatoms. The summed E-state index contributed by atoms with van der Waals surface area (Å²) in [6.07, 6.45) is -0.365. The molecule has 1 heterocycles. The number of aryl methyl sites for hydroxylation is 1. The molecular weight excluding hydrogens is 233 g/mol. The summed E-state index contributed by atoms with van der Waals surface area (Å²) in [6, 6.07) is 4.52. The third-order valence-corrected chi connectivity index (χ3v) is 3.35. The van der Waals surface area contributed by atoms with Crippen LogP contribution >= 0.6 is 0 Å². The molecule has 2 atom stereocenters. The Morgan fingerprint density at radius 2 is 2.33 bits per heavy atom. The van der Waals surface area contributed by atoms with Crippen LogP contribution in [-0.2, 0) is 4.74 Å². The van der Waals surface area contributed by atoms with Gasteiger partial charge >= 0.3 is 0 Å². The van der Waals surface area contributed by atoms with Gasteiger partial charge in [0.2, 0.25) is 0 Å². The highest BCUT2D eigenvalue weighted by Gasteiger charge is 2.20. The molecule has 3 nitrogen and oxygen atoms in total. The van der Waals surface area contributed by atoms with Gasteiger partial charge < -0.3 is 9.84 Å². The van der Waals surface area contributed by atoms with Gasteiger partial charge in [-0.1, -0.05) is 6.07 Å². The predicted octanol–water partition coefficient (Wildman–Crippen LogP) is 1.89. The summed E-state index contributed by atoms with van der Waals surface area (Å²) >= 11 is 0. The van der Waals surface area contributed by atoms with Crippen molar-refractivity contribution in [3.05, 3.63) is 35.1 Å². The van der Waals surface area contributed by atoms with Crippen molar-refractivity contribution in [3.63, 3.8) is 0 Å². The Hall–Kier alpha value is -0.970.